The van der Waals surface area contributed by atoms with Crippen molar-refractivity contribution in [3.05, 3.63) is 29.6 Å². The number of H-pyrrole nitrogens is 1. The van der Waals surface area contributed by atoms with E-state index >= 15 is 0 Å². The molecular formula is C18H25N3O7. The molecule has 0 bridgehead atoms. The maximum atomic E-state index is 12.2. The Morgan fingerprint density at radius 1 is 1.29 bits per heavy atom. The number of aromatic amines is 1. The molecule has 1 saturated heterocycles. The van der Waals surface area contributed by atoms with Crippen LogP contribution in [0.5, 0.6) is 0 Å². The fourth-order valence-corrected chi connectivity index (χ4v) is 3.15. The fraction of sp³-hybridized carbons (Fsp3) is 0.556. The number of hydrogen-bond acceptors (Lipinski definition) is 8. The Kier molecular flexibility index (Phi) is 6.60. The van der Waals surface area contributed by atoms with Crippen molar-refractivity contribution in [1.82, 2.24) is 15.3 Å². The van der Waals surface area contributed by atoms with Gasteiger partial charge in [-0.25, -0.2) is 4.98 Å². The number of carbonyl (C=O) groups excluding carboxylic acids is 1. The number of ether oxygens (including phenoxy) is 2. The first-order chi connectivity index (χ1) is 13.5. The number of hydrogen-bond donors (Lipinski definition) is 6. The average Bonchev–Trinajstić information content (AvgIpc) is 3.12. The third kappa shape index (κ3) is 4.17. The van der Waals surface area contributed by atoms with Gasteiger partial charge in [-0.1, -0.05) is 0 Å². The average molecular weight is 395 g/mol. The van der Waals surface area contributed by atoms with Gasteiger partial charge in [0.2, 0.25) is 0 Å². The number of rotatable bonds is 7. The maximum absolute atomic E-state index is 12.2. The second-order valence-corrected chi connectivity index (χ2v) is 6.71. The summed E-state index contributed by atoms with van der Waals surface area (Å²) < 4.78 is 10.4. The van der Waals surface area contributed by atoms with E-state index in [1.807, 2.05) is 0 Å². The lowest BCUT2D eigenvalue weighted by molar-refractivity contribution is -0.233. The van der Waals surface area contributed by atoms with E-state index in [1.54, 1.807) is 25.3 Å². The predicted octanol–water partition coefficient (Wildman–Crippen LogP) is -1.16. The molecule has 28 heavy (non-hydrogen) atoms. The van der Waals surface area contributed by atoms with E-state index in [-0.39, 0.29) is 11.7 Å². The Hall–Kier alpha value is -2.08. The zero-order valence-electron chi connectivity index (χ0n) is 15.4. The minimum absolute atomic E-state index is 0.226. The van der Waals surface area contributed by atoms with Crippen LogP contribution in [0.2, 0.25) is 0 Å². The van der Waals surface area contributed by atoms with Crippen molar-refractivity contribution in [2.24, 2.45) is 0 Å². The van der Waals surface area contributed by atoms with Gasteiger partial charge in [0.25, 0.3) is 5.91 Å². The minimum atomic E-state index is -1.49. The zero-order chi connectivity index (χ0) is 20.3. The molecule has 0 aliphatic carbocycles. The molecule has 2 aromatic rings. The zero-order valence-corrected chi connectivity index (χ0v) is 15.4. The van der Waals surface area contributed by atoms with Crippen molar-refractivity contribution in [3.8, 4) is 0 Å². The van der Waals surface area contributed by atoms with E-state index in [4.69, 9.17) is 9.47 Å². The van der Waals surface area contributed by atoms with Crippen molar-refractivity contribution < 1.29 is 34.7 Å². The number of aliphatic hydroxyl groups is 4. The summed E-state index contributed by atoms with van der Waals surface area (Å²) in [5.41, 5.74) is 1.54. The second-order valence-electron chi connectivity index (χ2n) is 6.71. The Bertz CT molecular complexity index is 810. The van der Waals surface area contributed by atoms with Crippen LogP contribution in [0, 0.1) is 0 Å². The van der Waals surface area contributed by atoms with Crippen LogP contribution in [0.4, 0.5) is 0 Å². The molecule has 1 aliphatic rings. The normalized spacial score (nSPS) is 27.8. The third-order valence-electron chi connectivity index (χ3n) is 4.73. The van der Waals surface area contributed by atoms with Gasteiger partial charge in [0.05, 0.1) is 17.6 Å². The molecule has 1 aromatic carbocycles. The van der Waals surface area contributed by atoms with E-state index in [9.17, 15) is 25.2 Å². The lowest BCUT2D eigenvalue weighted by Gasteiger charge is -2.39. The van der Waals surface area contributed by atoms with Crippen molar-refractivity contribution in [2.75, 3.05) is 26.9 Å². The topological polar surface area (TPSA) is 157 Å². The number of aliphatic hydroxyl groups excluding tert-OH is 4. The Labute approximate surface area is 161 Å². The number of benzene rings is 1. The molecule has 5 atom stereocenters. The van der Waals surface area contributed by atoms with Crippen molar-refractivity contribution >= 4 is 16.9 Å². The van der Waals surface area contributed by atoms with Crippen molar-refractivity contribution in [3.63, 3.8) is 0 Å². The van der Waals surface area contributed by atoms with Gasteiger partial charge >= 0.3 is 0 Å². The predicted molar refractivity (Wildman–Crippen MR) is 97.6 cm³/mol. The van der Waals surface area contributed by atoms with E-state index in [0.29, 0.717) is 36.2 Å². The van der Waals surface area contributed by atoms with Crippen LogP contribution in [-0.2, 0) is 9.47 Å². The highest BCUT2D eigenvalue weighted by atomic mass is 16.5. The van der Waals surface area contributed by atoms with Gasteiger partial charge in [0.15, 0.2) is 0 Å². The Balaban J connectivity index is 1.78. The number of fused-ring (bicyclic) bond motifs is 1. The second kappa shape index (κ2) is 8.95. The number of methoxy groups -OCH3 is 1. The summed E-state index contributed by atoms with van der Waals surface area (Å²) in [6.45, 7) is 0.529. The van der Waals surface area contributed by atoms with Gasteiger partial charge in [-0.05, 0) is 24.6 Å². The van der Waals surface area contributed by atoms with Gasteiger partial charge in [-0.15, -0.1) is 0 Å². The van der Waals surface area contributed by atoms with Crippen molar-refractivity contribution in [1.29, 1.82) is 0 Å². The molecule has 6 N–H and O–H groups in total. The standard InChI is InChI=1S/C18H25N3O7/c1-27-6-2-5-19-18(26)9-3-4-10-11(7-9)21-17(20-10)16-15(25)14(24)13(23)12(8-22)28-16/h3-4,7,12-16,22-25H,2,5-6,8H2,1H3,(H,19,26)(H,20,21)/t12-,13+,14+,15-,16-/m1/s1. The molecule has 10 heteroatoms. The first kappa shape index (κ1) is 20.6. The molecule has 1 aromatic heterocycles. The molecule has 0 radical (unpaired) electrons. The number of aromatic nitrogens is 2. The summed E-state index contributed by atoms with van der Waals surface area (Å²) in [4.78, 5) is 19.5. The quantitative estimate of drug-likeness (QED) is 0.321. The first-order valence-corrected chi connectivity index (χ1v) is 9.03. The summed E-state index contributed by atoms with van der Waals surface area (Å²) in [5, 5.41) is 42.2. The van der Waals surface area contributed by atoms with E-state index in [0.717, 1.165) is 0 Å². The van der Waals surface area contributed by atoms with Crippen LogP contribution in [0.1, 0.15) is 28.7 Å². The van der Waals surface area contributed by atoms with Gasteiger partial charge in [0.1, 0.15) is 36.3 Å². The Morgan fingerprint density at radius 3 is 2.79 bits per heavy atom. The molecule has 1 amide bonds. The SMILES string of the molecule is COCCCNC(=O)c1ccc2nc([C@@H]3O[C@H](CO)[C@H](O)[C@H](O)[C@H]3O)[nH]c2c1. The van der Waals surface area contributed by atoms with Crippen LogP contribution in [0.15, 0.2) is 18.2 Å². The van der Waals surface area contributed by atoms with Gasteiger partial charge in [0, 0.05) is 25.8 Å². The van der Waals surface area contributed by atoms with Crippen LogP contribution in [0.3, 0.4) is 0 Å². The highest BCUT2D eigenvalue weighted by Crippen LogP contribution is 2.32. The minimum Gasteiger partial charge on any atom is -0.394 e. The molecule has 0 saturated carbocycles. The molecular weight excluding hydrogens is 370 g/mol. The first-order valence-electron chi connectivity index (χ1n) is 9.03. The molecule has 3 rings (SSSR count). The smallest absolute Gasteiger partial charge is 0.251 e. The molecule has 10 nitrogen and oxygen atoms in total. The summed E-state index contributed by atoms with van der Waals surface area (Å²) in [6.07, 6.45) is -5.73. The fourth-order valence-electron chi connectivity index (χ4n) is 3.15. The van der Waals surface area contributed by atoms with Crippen LogP contribution in [-0.4, -0.2) is 87.6 Å². The highest BCUT2D eigenvalue weighted by Gasteiger charge is 2.45. The summed E-state index contributed by atoms with van der Waals surface area (Å²) in [7, 11) is 1.60. The van der Waals surface area contributed by atoms with Crippen LogP contribution < -0.4 is 5.32 Å². The number of nitrogens with zero attached hydrogens (tertiary/aromatic N) is 1. The molecule has 0 spiro atoms. The van der Waals surface area contributed by atoms with Gasteiger partial charge in [-0.2, -0.15) is 0 Å². The lowest BCUT2D eigenvalue weighted by atomic mass is 9.95. The van der Waals surface area contributed by atoms with Crippen molar-refractivity contribution in [2.45, 2.75) is 36.9 Å². The number of imidazole rings is 1. The lowest BCUT2D eigenvalue weighted by Crippen LogP contribution is -2.55. The highest BCUT2D eigenvalue weighted by molar-refractivity contribution is 5.97. The summed E-state index contributed by atoms with van der Waals surface area (Å²) >= 11 is 0. The molecule has 154 valence electrons. The molecule has 1 fully saturated rings. The monoisotopic (exact) mass is 395 g/mol. The maximum Gasteiger partial charge on any atom is 0.251 e. The molecule has 2 heterocycles. The van der Waals surface area contributed by atoms with E-state index < -0.39 is 37.1 Å². The third-order valence-corrected chi connectivity index (χ3v) is 4.73. The van der Waals surface area contributed by atoms with Gasteiger partial charge < -0.3 is 40.2 Å². The van der Waals surface area contributed by atoms with Crippen LogP contribution >= 0.6 is 0 Å². The number of nitrogens with one attached hydrogen (secondary N) is 2. The molecule has 1 aliphatic heterocycles. The van der Waals surface area contributed by atoms with Crippen LogP contribution in [0.25, 0.3) is 11.0 Å². The van der Waals surface area contributed by atoms with E-state index in [1.165, 1.54) is 0 Å². The molecule has 0 unspecified atom stereocenters. The Morgan fingerprint density at radius 2 is 2.07 bits per heavy atom. The van der Waals surface area contributed by atoms with E-state index in [2.05, 4.69) is 15.3 Å². The largest absolute Gasteiger partial charge is 0.394 e. The number of carbonyl (C=O) groups is 1. The van der Waals surface area contributed by atoms with Gasteiger partial charge in [-0.3, -0.25) is 4.79 Å². The number of amides is 1. The summed E-state index contributed by atoms with van der Waals surface area (Å²) in [6, 6.07) is 4.91. The summed E-state index contributed by atoms with van der Waals surface area (Å²) in [5.74, 6) is -0.00783.